The number of nitrogens with one attached hydrogen (secondary N) is 2. The number of carbonyl (C=O) groups is 2. The molecule has 2 aromatic heterocycles. The molecule has 4 aromatic rings. The van der Waals surface area contributed by atoms with Gasteiger partial charge in [-0.05, 0) is 61.4 Å². The summed E-state index contributed by atoms with van der Waals surface area (Å²) in [5.41, 5.74) is 8.41. The summed E-state index contributed by atoms with van der Waals surface area (Å²) in [6.07, 6.45) is 6.02. The third kappa shape index (κ3) is 5.27. The second kappa shape index (κ2) is 10.5. The van der Waals surface area contributed by atoms with E-state index in [0.717, 1.165) is 0 Å². The molecule has 2 aliphatic carbocycles. The second-order valence-electron chi connectivity index (χ2n) is 9.98. The van der Waals surface area contributed by atoms with Crippen LogP contribution in [0.4, 0.5) is 5.82 Å². The lowest BCUT2D eigenvalue weighted by molar-refractivity contribution is 0.0980. The molecule has 13 heteroatoms. The Balaban J connectivity index is 1.18. The van der Waals surface area contributed by atoms with E-state index in [1.165, 1.54) is 23.0 Å². The van der Waals surface area contributed by atoms with E-state index in [1.54, 1.807) is 48.6 Å². The Morgan fingerprint density at radius 1 is 1.19 bits per heavy atom. The summed E-state index contributed by atoms with van der Waals surface area (Å²) in [4.78, 5) is 28.9. The van der Waals surface area contributed by atoms with Gasteiger partial charge in [0.1, 0.15) is 17.7 Å². The van der Waals surface area contributed by atoms with Gasteiger partial charge in [-0.1, -0.05) is 23.7 Å². The van der Waals surface area contributed by atoms with Crippen molar-refractivity contribution in [1.82, 2.24) is 19.5 Å². The van der Waals surface area contributed by atoms with Crippen LogP contribution in [0, 0.1) is 11.3 Å². The van der Waals surface area contributed by atoms with Crippen molar-refractivity contribution >= 4 is 55.7 Å². The van der Waals surface area contributed by atoms with Crippen LogP contribution in [-0.2, 0) is 10.0 Å². The standard InChI is InChI=1S/C29H23ClN6O5S/c30-23-13-20(41-19-3-1-2-16(10-19)14-31)5-9-26(23)36-28(32)22(15-33-36)27(37)25-12-18-11-17(4-8-24(18)34-25)29(38)35-42(39,40)21-6-7-21/h1-4,8-13,15,20-21,34H,5-7,32H2,(H,35,38). The maximum absolute atomic E-state index is 13.4. The fourth-order valence-corrected chi connectivity index (χ4v) is 6.24. The number of H-pyrrole nitrogens is 1. The van der Waals surface area contributed by atoms with Gasteiger partial charge in [0, 0.05) is 22.9 Å². The minimum absolute atomic E-state index is 0.0860. The largest absolute Gasteiger partial charge is 0.486 e. The number of amides is 1. The molecule has 1 unspecified atom stereocenters. The number of fused-ring (bicyclic) bond motifs is 1. The van der Waals surface area contributed by atoms with Crippen LogP contribution in [0.5, 0.6) is 5.75 Å². The average molecular weight is 603 g/mol. The van der Waals surface area contributed by atoms with Crippen molar-refractivity contribution in [2.45, 2.75) is 30.6 Å². The van der Waals surface area contributed by atoms with Crippen LogP contribution in [0.1, 0.15) is 51.2 Å². The van der Waals surface area contributed by atoms with Crippen LogP contribution in [0.2, 0.25) is 0 Å². The summed E-state index contributed by atoms with van der Waals surface area (Å²) in [5.74, 6) is -0.523. The fourth-order valence-electron chi connectivity index (χ4n) is 4.64. The molecule has 42 heavy (non-hydrogen) atoms. The number of aromatic nitrogens is 3. The molecule has 6 rings (SSSR count). The van der Waals surface area contributed by atoms with E-state index in [4.69, 9.17) is 27.3 Å². The maximum atomic E-state index is 13.4. The van der Waals surface area contributed by atoms with Crippen LogP contribution in [0.3, 0.4) is 0 Å². The first-order chi connectivity index (χ1) is 20.1. The number of nitriles is 1. The van der Waals surface area contributed by atoms with Crippen molar-refractivity contribution in [2.24, 2.45) is 0 Å². The Morgan fingerprint density at radius 3 is 2.74 bits per heavy atom. The summed E-state index contributed by atoms with van der Waals surface area (Å²) in [6.45, 7) is 0. The Hall–Kier alpha value is -4.86. The van der Waals surface area contributed by atoms with Gasteiger partial charge in [-0.25, -0.2) is 17.8 Å². The first kappa shape index (κ1) is 27.3. The van der Waals surface area contributed by atoms with E-state index in [-0.39, 0.29) is 28.7 Å². The number of ether oxygens (including phenoxy) is 1. The van der Waals surface area contributed by atoms with Crippen molar-refractivity contribution < 1.29 is 22.7 Å². The van der Waals surface area contributed by atoms with E-state index in [0.29, 0.717) is 52.2 Å². The molecule has 1 saturated carbocycles. The number of nitrogens with two attached hydrogens (primary N) is 1. The Kier molecular flexibility index (Phi) is 6.84. The monoisotopic (exact) mass is 602 g/mol. The number of ketones is 1. The lowest BCUT2D eigenvalue weighted by atomic mass is 10.1. The number of benzene rings is 2. The van der Waals surface area contributed by atoms with Crippen LogP contribution < -0.4 is 15.2 Å². The lowest BCUT2D eigenvalue weighted by Gasteiger charge is -2.21. The van der Waals surface area contributed by atoms with Crippen molar-refractivity contribution in [3.8, 4) is 11.8 Å². The maximum Gasteiger partial charge on any atom is 0.264 e. The zero-order valence-corrected chi connectivity index (χ0v) is 23.4. The quantitative estimate of drug-likeness (QED) is 0.253. The molecule has 1 amide bonds. The van der Waals surface area contributed by atoms with Crippen LogP contribution in [0.25, 0.3) is 16.6 Å². The summed E-state index contributed by atoms with van der Waals surface area (Å²) < 4.78 is 33.7. The predicted molar refractivity (Wildman–Crippen MR) is 156 cm³/mol. The van der Waals surface area contributed by atoms with E-state index >= 15 is 0 Å². The molecule has 2 aliphatic rings. The number of sulfonamides is 1. The molecule has 0 bridgehead atoms. The smallest absolute Gasteiger partial charge is 0.264 e. The summed E-state index contributed by atoms with van der Waals surface area (Å²) in [5, 5.41) is 13.7. The van der Waals surface area contributed by atoms with Gasteiger partial charge in [-0.2, -0.15) is 10.4 Å². The van der Waals surface area contributed by atoms with Crippen molar-refractivity contribution in [1.29, 1.82) is 5.26 Å². The highest BCUT2D eigenvalue weighted by molar-refractivity contribution is 7.91. The molecule has 0 radical (unpaired) electrons. The molecule has 1 atom stereocenters. The number of halogens is 1. The van der Waals surface area contributed by atoms with Gasteiger partial charge in [0.05, 0.1) is 45.1 Å². The predicted octanol–water partition coefficient (Wildman–Crippen LogP) is 4.09. The van der Waals surface area contributed by atoms with Gasteiger partial charge >= 0.3 is 0 Å². The number of nitrogens with zero attached hydrogens (tertiary/aromatic N) is 3. The van der Waals surface area contributed by atoms with E-state index < -0.39 is 27.0 Å². The molecule has 2 heterocycles. The molecule has 4 N–H and O–H groups in total. The Labute approximate surface area is 245 Å². The molecule has 0 spiro atoms. The number of aromatic amines is 1. The number of anilines is 1. The Bertz CT molecular complexity index is 1980. The number of hydrogen-bond acceptors (Lipinski definition) is 8. The topological polar surface area (TPSA) is 173 Å². The SMILES string of the molecule is N#Cc1cccc(OC2C=C(Cl)C(n3ncc(C(=O)c4cc5cc(C(=O)NS(=O)(=O)C6CC6)ccc5[nH]4)c3N)=CC2)c1. The molecular formula is C29H23ClN6O5S. The van der Waals surface area contributed by atoms with Gasteiger partial charge in [0.15, 0.2) is 0 Å². The van der Waals surface area contributed by atoms with Gasteiger partial charge in [0.25, 0.3) is 5.91 Å². The van der Waals surface area contributed by atoms with Gasteiger partial charge in [0.2, 0.25) is 15.8 Å². The summed E-state index contributed by atoms with van der Waals surface area (Å²) in [7, 11) is -3.69. The molecular weight excluding hydrogens is 580 g/mol. The zero-order chi connectivity index (χ0) is 29.6. The minimum atomic E-state index is -3.69. The first-order valence-electron chi connectivity index (χ1n) is 12.9. The van der Waals surface area contributed by atoms with Gasteiger partial charge in [-0.15, -0.1) is 0 Å². The summed E-state index contributed by atoms with van der Waals surface area (Å²) in [6, 6.07) is 15.1. The number of carbonyl (C=O) groups excluding carboxylic acids is 2. The average Bonchev–Trinajstić information content (AvgIpc) is 3.65. The first-order valence-corrected chi connectivity index (χ1v) is 14.9. The zero-order valence-electron chi connectivity index (χ0n) is 21.9. The molecule has 11 nitrogen and oxygen atoms in total. The van der Waals surface area contributed by atoms with Gasteiger partial charge < -0.3 is 15.5 Å². The summed E-state index contributed by atoms with van der Waals surface area (Å²) >= 11 is 6.55. The van der Waals surface area contributed by atoms with Crippen molar-refractivity contribution in [3.63, 3.8) is 0 Å². The van der Waals surface area contributed by atoms with Gasteiger partial charge in [-0.3, -0.25) is 9.59 Å². The number of hydrogen-bond donors (Lipinski definition) is 3. The highest BCUT2D eigenvalue weighted by Crippen LogP contribution is 2.32. The van der Waals surface area contributed by atoms with Crippen LogP contribution >= 0.6 is 11.6 Å². The van der Waals surface area contributed by atoms with E-state index in [9.17, 15) is 18.0 Å². The fraction of sp³-hybridized carbons (Fsp3) is 0.172. The number of allylic oxidation sites excluding steroid dienone is 2. The number of nitrogen functional groups attached to an aromatic ring is 1. The van der Waals surface area contributed by atoms with Crippen molar-refractivity contribution in [2.75, 3.05) is 5.73 Å². The van der Waals surface area contributed by atoms with Crippen LogP contribution in [0.15, 0.2) is 71.9 Å². The highest BCUT2D eigenvalue weighted by atomic mass is 35.5. The molecule has 0 aliphatic heterocycles. The third-order valence-electron chi connectivity index (χ3n) is 6.98. The molecule has 2 aromatic carbocycles. The lowest BCUT2D eigenvalue weighted by Crippen LogP contribution is -2.33. The molecule has 1 fully saturated rings. The number of rotatable bonds is 8. The Morgan fingerprint density at radius 2 is 2.00 bits per heavy atom. The van der Waals surface area contributed by atoms with E-state index in [2.05, 4.69) is 20.9 Å². The highest BCUT2D eigenvalue weighted by Gasteiger charge is 2.37. The molecule has 212 valence electrons. The second-order valence-corrected chi connectivity index (χ2v) is 12.3. The third-order valence-corrected chi connectivity index (χ3v) is 9.11. The van der Waals surface area contributed by atoms with E-state index in [1.807, 2.05) is 0 Å². The van der Waals surface area contributed by atoms with Crippen molar-refractivity contribution in [3.05, 3.63) is 94.3 Å². The normalized spacial score (nSPS) is 16.8. The molecule has 0 saturated heterocycles. The van der Waals surface area contributed by atoms with Crippen LogP contribution in [-0.4, -0.2) is 46.2 Å². The minimum Gasteiger partial charge on any atom is -0.486 e.